The fraction of sp³-hybridized carbons (Fsp3) is 0. The van der Waals surface area contributed by atoms with Gasteiger partial charge in [-0.2, -0.15) is 14.8 Å². The highest BCUT2D eigenvalue weighted by molar-refractivity contribution is 9.10. The molecule has 0 aliphatic rings. The first-order valence-electron chi connectivity index (χ1n) is 4.43. The summed E-state index contributed by atoms with van der Waals surface area (Å²) in [6.07, 6.45) is 3.47. The van der Waals surface area contributed by atoms with Crippen LogP contribution in [0, 0.1) is 0 Å². The van der Waals surface area contributed by atoms with Crippen LogP contribution in [0.1, 0.15) is 0 Å². The van der Waals surface area contributed by atoms with Gasteiger partial charge in [0.25, 0.3) is 0 Å². The van der Waals surface area contributed by atoms with Gasteiger partial charge < -0.3 is 5.73 Å². The van der Waals surface area contributed by atoms with Crippen molar-refractivity contribution in [2.45, 2.75) is 0 Å². The lowest BCUT2D eigenvalue weighted by molar-refractivity contribution is 0.816. The Labute approximate surface area is 98.0 Å². The second-order valence-corrected chi connectivity index (χ2v) is 3.78. The van der Waals surface area contributed by atoms with Crippen LogP contribution in [-0.2, 0) is 0 Å². The molecule has 0 spiro atoms. The van der Waals surface area contributed by atoms with Crippen LogP contribution in [-0.4, -0.2) is 29.4 Å². The Morgan fingerprint density at radius 2 is 2.12 bits per heavy atom. The maximum atomic E-state index is 5.49. The Bertz CT molecular complexity index is 655. The van der Waals surface area contributed by atoms with Gasteiger partial charge in [0.1, 0.15) is 0 Å². The molecule has 3 aromatic heterocycles. The van der Waals surface area contributed by atoms with Gasteiger partial charge in [-0.1, -0.05) is 0 Å². The molecule has 3 rings (SSSR count). The molecule has 0 saturated heterocycles. The maximum absolute atomic E-state index is 5.49. The Morgan fingerprint density at radius 3 is 2.88 bits per heavy atom. The molecular formula is C8H6BrN7. The molecule has 0 amide bonds. The monoisotopic (exact) mass is 279 g/mol. The summed E-state index contributed by atoms with van der Waals surface area (Å²) in [4.78, 5) is 8.29. The Balaban J connectivity index is 2.21. The summed E-state index contributed by atoms with van der Waals surface area (Å²) in [6, 6.07) is 3.58. The molecule has 0 aliphatic heterocycles. The van der Waals surface area contributed by atoms with Gasteiger partial charge >= 0.3 is 0 Å². The average Bonchev–Trinajstić information content (AvgIpc) is 2.83. The molecule has 16 heavy (non-hydrogen) atoms. The van der Waals surface area contributed by atoms with Crippen LogP contribution in [0.25, 0.3) is 11.5 Å². The molecule has 3 aromatic rings. The molecule has 3 heterocycles. The second kappa shape index (κ2) is 3.27. The molecule has 0 aromatic carbocycles. The summed E-state index contributed by atoms with van der Waals surface area (Å²) in [5.41, 5.74) is 6.23. The van der Waals surface area contributed by atoms with Crippen LogP contribution in [0.3, 0.4) is 0 Å². The molecule has 8 heteroatoms. The van der Waals surface area contributed by atoms with Crippen LogP contribution in [0.5, 0.6) is 0 Å². The highest BCUT2D eigenvalue weighted by atomic mass is 79.9. The largest absolute Gasteiger partial charge is 0.366 e. The van der Waals surface area contributed by atoms with Crippen molar-refractivity contribution in [1.29, 1.82) is 0 Å². The van der Waals surface area contributed by atoms with Crippen molar-refractivity contribution in [1.82, 2.24) is 29.4 Å². The van der Waals surface area contributed by atoms with E-state index in [9.17, 15) is 0 Å². The molecule has 0 fully saturated rings. The maximum Gasteiger partial charge on any atom is 0.240 e. The second-order valence-electron chi connectivity index (χ2n) is 3.07. The summed E-state index contributed by atoms with van der Waals surface area (Å²) in [7, 11) is 0. The zero-order chi connectivity index (χ0) is 11.1. The molecule has 0 aliphatic carbocycles. The molecular weight excluding hydrogens is 274 g/mol. The summed E-state index contributed by atoms with van der Waals surface area (Å²) < 4.78 is 3.70. The van der Waals surface area contributed by atoms with Gasteiger partial charge in [-0.05, 0) is 15.9 Å². The first-order valence-corrected chi connectivity index (χ1v) is 5.22. The third-order valence-electron chi connectivity index (χ3n) is 2.04. The first-order chi connectivity index (χ1) is 7.74. The topological polar surface area (TPSA) is 86.9 Å². The lowest BCUT2D eigenvalue weighted by Gasteiger charge is -2.00. The number of hydrogen-bond acceptors (Lipinski definition) is 5. The van der Waals surface area contributed by atoms with Crippen LogP contribution in [0.2, 0.25) is 0 Å². The number of nitrogen functional groups attached to an aromatic ring is 1. The van der Waals surface area contributed by atoms with E-state index >= 15 is 0 Å². The summed E-state index contributed by atoms with van der Waals surface area (Å²) in [5.74, 6) is 0.825. The fourth-order valence-electron chi connectivity index (χ4n) is 1.37. The van der Waals surface area contributed by atoms with Crippen molar-refractivity contribution in [3.63, 3.8) is 0 Å². The van der Waals surface area contributed by atoms with Gasteiger partial charge in [-0.3, -0.25) is 0 Å². The zero-order valence-electron chi connectivity index (χ0n) is 7.95. The predicted molar refractivity (Wildman–Crippen MR) is 60.0 cm³/mol. The van der Waals surface area contributed by atoms with E-state index in [1.807, 2.05) is 0 Å². The normalized spacial score (nSPS) is 11.1. The van der Waals surface area contributed by atoms with Gasteiger partial charge in [0, 0.05) is 18.3 Å². The highest BCUT2D eigenvalue weighted by Crippen LogP contribution is 2.14. The minimum Gasteiger partial charge on any atom is -0.366 e. The minimum atomic E-state index is 0.196. The summed E-state index contributed by atoms with van der Waals surface area (Å²) in [5, 5.41) is 8.07. The van der Waals surface area contributed by atoms with E-state index in [0.29, 0.717) is 10.6 Å². The van der Waals surface area contributed by atoms with Crippen LogP contribution < -0.4 is 5.73 Å². The molecule has 2 N–H and O–H groups in total. The highest BCUT2D eigenvalue weighted by Gasteiger charge is 2.08. The SMILES string of the molecule is Nc1nc(Br)n(-c2ccn3nccc3n2)n1. The molecule has 0 unspecified atom stereocenters. The van der Waals surface area contributed by atoms with E-state index in [1.54, 1.807) is 29.0 Å². The molecule has 0 saturated carbocycles. The van der Waals surface area contributed by atoms with Crippen molar-refractivity contribution in [3.05, 3.63) is 29.3 Å². The van der Waals surface area contributed by atoms with Crippen molar-refractivity contribution in [2.24, 2.45) is 0 Å². The van der Waals surface area contributed by atoms with Crippen molar-refractivity contribution >= 4 is 27.5 Å². The number of hydrogen-bond donors (Lipinski definition) is 1. The van der Waals surface area contributed by atoms with Crippen molar-refractivity contribution < 1.29 is 0 Å². The van der Waals surface area contributed by atoms with E-state index in [1.165, 1.54) is 4.68 Å². The third kappa shape index (κ3) is 1.34. The van der Waals surface area contributed by atoms with E-state index in [-0.39, 0.29) is 5.95 Å². The number of fused-ring (bicyclic) bond motifs is 1. The van der Waals surface area contributed by atoms with Crippen LogP contribution in [0.15, 0.2) is 29.3 Å². The van der Waals surface area contributed by atoms with Gasteiger partial charge in [0.2, 0.25) is 10.7 Å². The number of anilines is 1. The predicted octanol–water partition coefficient (Wildman–Crippen LogP) is 0.655. The molecule has 0 radical (unpaired) electrons. The van der Waals surface area contributed by atoms with E-state index in [4.69, 9.17) is 5.73 Å². The first kappa shape index (κ1) is 9.28. The van der Waals surface area contributed by atoms with Crippen molar-refractivity contribution in [3.8, 4) is 5.82 Å². The minimum absolute atomic E-state index is 0.196. The van der Waals surface area contributed by atoms with E-state index in [2.05, 4.69) is 36.1 Å². The smallest absolute Gasteiger partial charge is 0.240 e. The number of nitrogens with two attached hydrogens (primary N) is 1. The number of aromatic nitrogens is 6. The fourth-order valence-corrected chi connectivity index (χ4v) is 1.82. The summed E-state index contributed by atoms with van der Waals surface area (Å²) in [6.45, 7) is 0. The molecule has 80 valence electrons. The van der Waals surface area contributed by atoms with Gasteiger partial charge in [0.05, 0.1) is 6.20 Å². The molecule has 0 bridgehead atoms. The van der Waals surface area contributed by atoms with Gasteiger partial charge in [-0.15, -0.1) is 5.10 Å². The van der Waals surface area contributed by atoms with E-state index in [0.717, 1.165) is 5.65 Å². The van der Waals surface area contributed by atoms with Gasteiger partial charge in [0.15, 0.2) is 11.5 Å². The quantitative estimate of drug-likeness (QED) is 0.707. The Kier molecular flexibility index (Phi) is 1.90. The lowest BCUT2D eigenvalue weighted by atomic mass is 10.5. The van der Waals surface area contributed by atoms with Crippen molar-refractivity contribution in [2.75, 3.05) is 5.73 Å². The molecule has 0 atom stereocenters. The Hall–Kier alpha value is -1.96. The standard InChI is InChI=1S/C8H6BrN7/c9-7-13-8(10)14-16(7)6-2-4-15-5(12-6)1-3-11-15/h1-4H,(H2,10,14). The number of halogens is 1. The number of rotatable bonds is 1. The average molecular weight is 280 g/mol. The summed E-state index contributed by atoms with van der Waals surface area (Å²) >= 11 is 3.26. The zero-order valence-corrected chi connectivity index (χ0v) is 9.53. The van der Waals surface area contributed by atoms with Crippen LogP contribution in [0.4, 0.5) is 5.95 Å². The third-order valence-corrected chi connectivity index (χ3v) is 2.56. The number of nitrogens with zero attached hydrogens (tertiary/aromatic N) is 6. The van der Waals surface area contributed by atoms with E-state index < -0.39 is 0 Å². The van der Waals surface area contributed by atoms with Gasteiger partial charge in [-0.25, -0.2) is 9.50 Å². The Morgan fingerprint density at radius 1 is 1.25 bits per heavy atom. The molecule has 7 nitrogen and oxygen atoms in total. The lowest BCUT2D eigenvalue weighted by Crippen LogP contribution is -2.02. The van der Waals surface area contributed by atoms with Crippen LogP contribution >= 0.6 is 15.9 Å².